The van der Waals surface area contributed by atoms with E-state index in [-0.39, 0.29) is 29.1 Å². The fraction of sp³-hybridized carbons (Fsp3) is 0.438. The minimum atomic E-state index is -0.308. The van der Waals surface area contributed by atoms with Crippen molar-refractivity contribution in [1.82, 2.24) is 19.6 Å². The van der Waals surface area contributed by atoms with Crippen LogP contribution in [0.4, 0.5) is 0 Å². The summed E-state index contributed by atoms with van der Waals surface area (Å²) in [7, 11) is 0. The van der Waals surface area contributed by atoms with Crippen LogP contribution in [0.5, 0.6) is 0 Å². The Morgan fingerprint density at radius 3 is 2.91 bits per heavy atom. The molecule has 1 saturated heterocycles. The molecule has 3 heterocycles. The maximum atomic E-state index is 12.7. The third-order valence-corrected chi connectivity index (χ3v) is 4.38. The molecule has 0 aromatic carbocycles. The average molecular weight is 300 g/mol. The van der Waals surface area contributed by atoms with Gasteiger partial charge in [0.05, 0.1) is 0 Å². The Morgan fingerprint density at radius 2 is 2.14 bits per heavy atom. The second kappa shape index (κ2) is 5.53. The molecule has 1 aliphatic heterocycles. The summed E-state index contributed by atoms with van der Waals surface area (Å²) in [6, 6.07) is 3.92. The second-order valence-corrected chi connectivity index (χ2v) is 5.89. The van der Waals surface area contributed by atoms with Crippen LogP contribution in [0.1, 0.15) is 29.8 Å². The average Bonchev–Trinajstić information content (AvgIpc) is 2.50. The van der Waals surface area contributed by atoms with E-state index in [4.69, 9.17) is 0 Å². The quantitative estimate of drug-likeness (QED) is 0.847. The van der Waals surface area contributed by atoms with Crippen LogP contribution < -0.4 is 10.9 Å². The molecule has 6 nitrogen and oxygen atoms in total. The van der Waals surface area contributed by atoms with Crippen molar-refractivity contribution in [2.24, 2.45) is 0 Å². The fourth-order valence-corrected chi connectivity index (χ4v) is 2.83. The molecule has 116 valence electrons. The largest absolute Gasteiger partial charge is 0.333 e. The molecular formula is C16H20N4O2. The summed E-state index contributed by atoms with van der Waals surface area (Å²) in [6.07, 6.45) is 3.11. The van der Waals surface area contributed by atoms with E-state index in [1.54, 1.807) is 17.2 Å². The first-order chi connectivity index (χ1) is 10.5. The Bertz CT molecular complexity index is 783. The normalized spacial score (nSPS) is 22.0. The van der Waals surface area contributed by atoms with E-state index >= 15 is 0 Å². The molecular weight excluding hydrogens is 280 g/mol. The number of hydrogen-bond acceptors (Lipinski definition) is 4. The van der Waals surface area contributed by atoms with E-state index < -0.39 is 0 Å². The highest BCUT2D eigenvalue weighted by Crippen LogP contribution is 2.12. The number of aryl methyl sites for hydroxylation is 1. The van der Waals surface area contributed by atoms with Gasteiger partial charge in [0.15, 0.2) is 0 Å². The molecule has 6 heteroatoms. The number of fused-ring (bicyclic) bond motifs is 1. The van der Waals surface area contributed by atoms with E-state index in [0.29, 0.717) is 12.2 Å². The monoisotopic (exact) mass is 300 g/mol. The molecule has 1 N–H and O–H groups in total. The minimum absolute atomic E-state index is 0.0406. The van der Waals surface area contributed by atoms with E-state index in [1.165, 1.54) is 10.6 Å². The minimum Gasteiger partial charge on any atom is -0.333 e. The van der Waals surface area contributed by atoms with Crippen LogP contribution in [0.25, 0.3) is 5.65 Å². The molecule has 2 aromatic heterocycles. The summed E-state index contributed by atoms with van der Waals surface area (Å²) < 4.78 is 1.44. The van der Waals surface area contributed by atoms with Crippen LogP contribution in [0.3, 0.4) is 0 Å². The number of nitrogens with zero attached hydrogens (tertiary/aromatic N) is 3. The summed E-state index contributed by atoms with van der Waals surface area (Å²) >= 11 is 0. The van der Waals surface area contributed by atoms with Crippen LogP contribution in [0.15, 0.2) is 29.3 Å². The van der Waals surface area contributed by atoms with Crippen molar-refractivity contribution in [3.8, 4) is 0 Å². The topological polar surface area (TPSA) is 66.7 Å². The van der Waals surface area contributed by atoms with E-state index in [9.17, 15) is 9.59 Å². The maximum Gasteiger partial charge on any atom is 0.270 e. The number of carbonyl (C=O) groups is 1. The van der Waals surface area contributed by atoms with Gasteiger partial charge in [-0.05, 0) is 32.4 Å². The number of carbonyl (C=O) groups excluding carboxylic acids is 1. The molecule has 0 bridgehead atoms. The lowest BCUT2D eigenvalue weighted by Gasteiger charge is -2.38. The Hall–Kier alpha value is -2.21. The van der Waals surface area contributed by atoms with Crippen LogP contribution in [0, 0.1) is 6.92 Å². The van der Waals surface area contributed by atoms with Crippen molar-refractivity contribution in [3.05, 3.63) is 46.0 Å². The number of amides is 1. The van der Waals surface area contributed by atoms with Gasteiger partial charge in [0.1, 0.15) is 11.2 Å². The second-order valence-electron chi connectivity index (χ2n) is 5.89. The predicted molar refractivity (Wildman–Crippen MR) is 84.2 cm³/mol. The lowest BCUT2D eigenvalue weighted by Crippen LogP contribution is -2.57. The fourth-order valence-electron chi connectivity index (χ4n) is 2.83. The van der Waals surface area contributed by atoms with Crippen LogP contribution in [0.2, 0.25) is 0 Å². The Kier molecular flexibility index (Phi) is 3.70. The lowest BCUT2D eigenvalue weighted by atomic mass is 10.1. The van der Waals surface area contributed by atoms with Crippen molar-refractivity contribution in [3.63, 3.8) is 0 Å². The molecule has 1 fully saturated rings. The summed E-state index contributed by atoms with van der Waals surface area (Å²) in [6.45, 7) is 7.27. The number of pyridine rings is 1. The van der Waals surface area contributed by atoms with E-state index in [1.807, 2.05) is 26.8 Å². The molecule has 1 aliphatic rings. The molecule has 1 amide bonds. The first-order valence-corrected chi connectivity index (χ1v) is 7.51. The summed E-state index contributed by atoms with van der Waals surface area (Å²) in [5.41, 5.74) is 1.32. The highest BCUT2D eigenvalue weighted by Gasteiger charge is 2.30. The van der Waals surface area contributed by atoms with E-state index in [2.05, 4.69) is 10.3 Å². The number of hydrogen-bond donors (Lipinski definition) is 1. The standard InChI is InChI=1S/C16H20N4O2/c1-10-4-5-14-18-8-13(16(22)20(14)9-10)15(21)19-7-6-17-11(2)12(19)3/h4-5,8-9,11-12,17H,6-7H2,1-3H3. The highest BCUT2D eigenvalue weighted by atomic mass is 16.2. The van der Waals surface area contributed by atoms with Gasteiger partial charge in [-0.1, -0.05) is 6.07 Å². The maximum absolute atomic E-state index is 12.7. The van der Waals surface area contributed by atoms with Crippen molar-refractivity contribution < 1.29 is 4.79 Å². The third-order valence-electron chi connectivity index (χ3n) is 4.38. The Labute approximate surface area is 128 Å². The number of nitrogens with one attached hydrogen (secondary N) is 1. The predicted octanol–water partition coefficient (Wildman–Crippen LogP) is 0.825. The van der Waals surface area contributed by atoms with Gasteiger partial charge in [-0.25, -0.2) is 4.98 Å². The zero-order valence-corrected chi connectivity index (χ0v) is 13.0. The van der Waals surface area contributed by atoms with Crippen molar-refractivity contribution in [1.29, 1.82) is 0 Å². The Morgan fingerprint density at radius 1 is 1.36 bits per heavy atom. The molecule has 0 saturated carbocycles. The van der Waals surface area contributed by atoms with Gasteiger partial charge in [-0.15, -0.1) is 0 Å². The zero-order valence-electron chi connectivity index (χ0n) is 13.0. The van der Waals surface area contributed by atoms with Crippen molar-refractivity contribution in [2.75, 3.05) is 13.1 Å². The molecule has 0 radical (unpaired) electrons. The highest BCUT2D eigenvalue weighted by molar-refractivity contribution is 5.94. The Balaban J connectivity index is 2.04. The first-order valence-electron chi connectivity index (χ1n) is 7.51. The number of rotatable bonds is 1. The van der Waals surface area contributed by atoms with Crippen LogP contribution >= 0.6 is 0 Å². The van der Waals surface area contributed by atoms with Gasteiger partial charge in [0.25, 0.3) is 11.5 Å². The summed E-state index contributed by atoms with van der Waals surface area (Å²) in [5, 5.41) is 3.33. The van der Waals surface area contributed by atoms with Crippen molar-refractivity contribution in [2.45, 2.75) is 32.9 Å². The third kappa shape index (κ3) is 2.39. The number of aromatic nitrogens is 2. The van der Waals surface area contributed by atoms with Gasteiger partial charge >= 0.3 is 0 Å². The molecule has 2 unspecified atom stereocenters. The molecule has 0 spiro atoms. The first kappa shape index (κ1) is 14.7. The van der Waals surface area contributed by atoms with Gasteiger partial charge in [-0.2, -0.15) is 0 Å². The molecule has 22 heavy (non-hydrogen) atoms. The molecule has 0 aliphatic carbocycles. The van der Waals surface area contributed by atoms with Gasteiger partial charge in [0.2, 0.25) is 0 Å². The molecule has 3 rings (SSSR count). The SMILES string of the molecule is Cc1ccc2ncc(C(=O)N3CCNC(C)C3C)c(=O)n2c1. The smallest absolute Gasteiger partial charge is 0.270 e. The zero-order chi connectivity index (χ0) is 15.9. The van der Waals surface area contributed by atoms with Crippen molar-refractivity contribution >= 4 is 11.6 Å². The van der Waals surface area contributed by atoms with E-state index in [0.717, 1.165) is 12.1 Å². The number of piperazine rings is 1. The molecule has 2 aromatic rings. The summed E-state index contributed by atoms with van der Waals surface area (Å²) in [5.74, 6) is -0.241. The van der Waals surface area contributed by atoms with Crippen LogP contribution in [-0.4, -0.2) is 45.4 Å². The van der Waals surface area contributed by atoms with Gasteiger partial charge in [0, 0.05) is 37.6 Å². The van der Waals surface area contributed by atoms with Gasteiger partial charge in [-0.3, -0.25) is 14.0 Å². The summed E-state index contributed by atoms with van der Waals surface area (Å²) in [4.78, 5) is 31.4. The molecule has 2 atom stereocenters. The van der Waals surface area contributed by atoms with Gasteiger partial charge < -0.3 is 10.2 Å². The lowest BCUT2D eigenvalue weighted by molar-refractivity contribution is 0.0600. The van der Waals surface area contributed by atoms with Crippen LogP contribution in [-0.2, 0) is 0 Å².